The standard InChI is InChI=1S/C9H16N2O4/c1-9(15,2-7(12)13)5-11-8(14)6-3-10-4-6/h6,10,15H,2-5H2,1H3,(H,11,14)(H,12,13). The summed E-state index contributed by atoms with van der Waals surface area (Å²) >= 11 is 0. The van der Waals surface area contributed by atoms with Crippen LogP contribution in [0.1, 0.15) is 13.3 Å². The minimum absolute atomic E-state index is 0.0331. The van der Waals surface area contributed by atoms with E-state index >= 15 is 0 Å². The highest BCUT2D eigenvalue weighted by Crippen LogP contribution is 2.08. The molecular formula is C9H16N2O4. The first-order chi connectivity index (χ1) is 6.91. The maximum absolute atomic E-state index is 11.3. The first-order valence-electron chi connectivity index (χ1n) is 4.83. The smallest absolute Gasteiger partial charge is 0.306 e. The molecule has 0 aromatic heterocycles. The number of carbonyl (C=O) groups excluding carboxylic acids is 1. The molecule has 1 aliphatic rings. The van der Waals surface area contributed by atoms with Crippen LogP contribution in [0.25, 0.3) is 0 Å². The summed E-state index contributed by atoms with van der Waals surface area (Å²) < 4.78 is 0. The normalized spacial score (nSPS) is 20.1. The van der Waals surface area contributed by atoms with Crippen molar-refractivity contribution in [3.8, 4) is 0 Å². The van der Waals surface area contributed by atoms with Gasteiger partial charge in [0.1, 0.15) is 0 Å². The average molecular weight is 216 g/mol. The van der Waals surface area contributed by atoms with E-state index in [1.165, 1.54) is 6.92 Å². The Morgan fingerprint density at radius 1 is 1.53 bits per heavy atom. The molecule has 1 atom stereocenters. The molecule has 15 heavy (non-hydrogen) atoms. The molecule has 6 heteroatoms. The summed E-state index contributed by atoms with van der Waals surface area (Å²) in [5, 5.41) is 23.6. The molecule has 1 saturated heterocycles. The van der Waals surface area contributed by atoms with Gasteiger partial charge >= 0.3 is 5.97 Å². The fourth-order valence-electron chi connectivity index (χ4n) is 1.28. The van der Waals surface area contributed by atoms with Crippen molar-refractivity contribution >= 4 is 11.9 Å². The second-order valence-corrected chi connectivity index (χ2v) is 4.14. The Morgan fingerprint density at radius 2 is 2.13 bits per heavy atom. The van der Waals surface area contributed by atoms with Crippen LogP contribution in [0.15, 0.2) is 0 Å². The number of aliphatic hydroxyl groups is 1. The lowest BCUT2D eigenvalue weighted by atomic mass is 10.00. The maximum Gasteiger partial charge on any atom is 0.306 e. The van der Waals surface area contributed by atoms with Gasteiger partial charge < -0.3 is 20.8 Å². The van der Waals surface area contributed by atoms with E-state index in [-0.39, 0.29) is 24.8 Å². The number of nitrogens with one attached hydrogen (secondary N) is 2. The van der Waals surface area contributed by atoms with Crippen LogP contribution in [0.5, 0.6) is 0 Å². The van der Waals surface area contributed by atoms with Crippen molar-refractivity contribution in [3.05, 3.63) is 0 Å². The molecule has 1 aliphatic heterocycles. The predicted molar refractivity (Wildman–Crippen MR) is 52.2 cm³/mol. The molecule has 0 aromatic rings. The van der Waals surface area contributed by atoms with Gasteiger partial charge in [-0.05, 0) is 6.92 Å². The number of carbonyl (C=O) groups is 2. The predicted octanol–water partition coefficient (Wildman–Crippen LogP) is -1.45. The molecule has 0 saturated carbocycles. The molecule has 86 valence electrons. The Morgan fingerprint density at radius 3 is 2.53 bits per heavy atom. The molecule has 1 rings (SSSR count). The number of amides is 1. The zero-order valence-corrected chi connectivity index (χ0v) is 8.62. The van der Waals surface area contributed by atoms with Gasteiger partial charge in [-0.2, -0.15) is 0 Å². The van der Waals surface area contributed by atoms with Crippen LogP contribution in [0.2, 0.25) is 0 Å². The summed E-state index contributed by atoms with van der Waals surface area (Å²) in [5.41, 5.74) is -1.39. The highest BCUT2D eigenvalue weighted by atomic mass is 16.4. The van der Waals surface area contributed by atoms with Gasteiger partial charge in [-0.3, -0.25) is 9.59 Å². The van der Waals surface area contributed by atoms with E-state index in [1.807, 2.05) is 0 Å². The molecule has 1 fully saturated rings. The van der Waals surface area contributed by atoms with Crippen LogP contribution in [0, 0.1) is 5.92 Å². The third-order valence-corrected chi connectivity index (χ3v) is 2.33. The molecular weight excluding hydrogens is 200 g/mol. The van der Waals surface area contributed by atoms with E-state index < -0.39 is 11.6 Å². The lowest BCUT2D eigenvalue weighted by Crippen LogP contribution is -2.53. The Hall–Kier alpha value is -1.14. The van der Waals surface area contributed by atoms with Gasteiger partial charge in [0.15, 0.2) is 0 Å². The third-order valence-electron chi connectivity index (χ3n) is 2.33. The quantitative estimate of drug-likeness (QED) is 0.450. The van der Waals surface area contributed by atoms with E-state index in [0.29, 0.717) is 13.1 Å². The van der Waals surface area contributed by atoms with Crippen molar-refractivity contribution in [2.24, 2.45) is 5.92 Å². The molecule has 0 spiro atoms. The van der Waals surface area contributed by atoms with E-state index in [0.717, 1.165) is 0 Å². The minimum atomic E-state index is -1.39. The van der Waals surface area contributed by atoms with E-state index in [2.05, 4.69) is 10.6 Å². The summed E-state index contributed by atoms with van der Waals surface area (Å²) in [5.74, 6) is -1.27. The number of hydrogen-bond acceptors (Lipinski definition) is 4. The molecule has 6 nitrogen and oxygen atoms in total. The summed E-state index contributed by atoms with van der Waals surface area (Å²) in [4.78, 5) is 21.7. The lowest BCUT2D eigenvalue weighted by molar-refractivity contribution is -0.142. The van der Waals surface area contributed by atoms with E-state index in [9.17, 15) is 14.7 Å². The van der Waals surface area contributed by atoms with Crippen LogP contribution < -0.4 is 10.6 Å². The fraction of sp³-hybridized carbons (Fsp3) is 0.778. The van der Waals surface area contributed by atoms with Crippen molar-refractivity contribution in [2.45, 2.75) is 18.9 Å². The minimum Gasteiger partial charge on any atom is -0.481 e. The molecule has 0 radical (unpaired) electrons. The van der Waals surface area contributed by atoms with Gasteiger partial charge in [0.25, 0.3) is 0 Å². The van der Waals surface area contributed by atoms with E-state index in [4.69, 9.17) is 5.11 Å². The third kappa shape index (κ3) is 3.85. The second-order valence-electron chi connectivity index (χ2n) is 4.14. The fourth-order valence-corrected chi connectivity index (χ4v) is 1.28. The second kappa shape index (κ2) is 4.59. The number of aliphatic carboxylic acids is 1. The van der Waals surface area contributed by atoms with Crippen LogP contribution in [-0.4, -0.2) is 47.3 Å². The SMILES string of the molecule is CC(O)(CNC(=O)C1CNC1)CC(=O)O. The topological polar surface area (TPSA) is 98.7 Å². The van der Waals surface area contributed by atoms with Crippen molar-refractivity contribution in [1.82, 2.24) is 10.6 Å². The van der Waals surface area contributed by atoms with Crippen molar-refractivity contribution < 1.29 is 19.8 Å². The first kappa shape index (κ1) is 11.9. The van der Waals surface area contributed by atoms with Gasteiger partial charge in [-0.1, -0.05) is 0 Å². The van der Waals surface area contributed by atoms with Crippen LogP contribution in [-0.2, 0) is 9.59 Å². The van der Waals surface area contributed by atoms with Crippen molar-refractivity contribution in [3.63, 3.8) is 0 Å². The highest BCUT2D eigenvalue weighted by molar-refractivity contribution is 5.80. The Bertz CT molecular complexity index is 261. The van der Waals surface area contributed by atoms with E-state index in [1.54, 1.807) is 0 Å². The number of hydrogen-bond donors (Lipinski definition) is 4. The molecule has 0 bridgehead atoms. The van der Waals surface area contributed by atoms with Crippen LogP contribution >= 0.6 is 0 Å². The van der Waals surface area contributed by atoms with Gasteiger partial charge in [0.05, 0.1) is 17.9 Å². The molecule has 0 aromatic carbocycles. The lowest BCUT2D eigenvalue weighted by Gasteiger charge is -2.28. The summed E-state index contributed by atoms with van der Waals surface area (Å²) in [6.07, 6.45) is -0.379. The van der Waals surface area contributed by atoms with Gasteiger partial charge in [-0.15, -0.1) is 0 Å². The van der Waals surface area contributed by atoms with Gasteiger partial charge in [0, 0.05) is 19.6 Å². The Kier molecular flexibility index (Phi) is 3.65. The van der Waals surface area contributed by atoms with Crippen LogP contribution in [0.4, 0.5) is 0 Å². The van der Waals surface area contributed by atoms with Gasteiger partial charge in [-0.25, -0.2) is 0 Å². The van der Waals surface area contributed by atoms with Crippen LogP contribution in [0.3, 0.4) is 0 Å². The average Bonchev–Trinajstić information content (AvgIpc) is 1.95. The molecule has 1 unspecified atom stereocenters. The molecule has 1 heterocycles. The molecule has 4 N–H and O–H groups in total. The first-order valence-corrected chi connectivity index (χ1v) is 4.83. The number of carboxylic acid groups (broad SMARTS) is 1. The summed E-state index contributed by atoms with van der Waals surface area (Å²) in [6, 6.07) is 0. The Labute approximate surface area is 87.7 Å². The number of carboxylic acids is 1. The van der Waals surface area contributed by atoms with Crippen molar-refractivity contribution in [2.75, 3.05) is 19.6 Å². The monoisotopic (exact) mass is 216 g/mol. The van der Waals surface area contributed by atoms with Crippen molar-refractivity contribution in [1.29, 1.82) is 0 Å². The highest BCUT2D eigenvalue weighted by Gasteiger charge is 2.29. The molecule has 0 aliphatic carbocycles. The molecule has 1 amide bonds. The zero-order chi connectivity index (χ0) is 11.5. The largest absolute Gasteiger partial charge is 0.481 e. The summed E-state index contributed by atoms with van der Waals surface area (Å²) in [7, 11) is 0. The Balaban J connectivity index is 2.28. The van der Waals surface area contributed by atoms with Gasteiger partial charge in [0.2, 0.25) is 5.91 Å². The maximum atomic E-state index is 11.3. The zero-order valence-electron chi connectivity index (χ0n) is 8.62. The summed E-state index contributed by atoms with van der Waals surface area (Å²) in [6.45, 7) is 2.65. The number of rotatable bonds is 5.